The summed E-state index contributed by atoms with van der Waals surface area (Å²) in [5, 5.41) is 0.538. The first-order valence-electron chi connectivity index (χ1n) is 10.3. The lowest BCUT2D eigenvalue weighted by molar-refractivity contribution is -0.119. The summed E-state index contributed by atoms with van der Waals surface area (Å²) in [5.74, 6) is 1.05. The standard InChI is InChI=1S/C22H29N5O4S/c1-14-15(2)23-13-26(21(14)29)12-18(28)27(11-7-10-25(3)4)22-24-19-16(30-5)8-9-17(31-6)20(19)32-22/h8-9,13H,7,10-12H2,1-6H3. The molecular weight excluding hydrogens is 430 g/mol. The van der Waals surface area contributed by atoms with E-state index < -0.39 is 0 Å². The minimum absolute atomic E-state index is 0.112. The number of rotatable bonds is 9. The number of benzene rings is 1. The van der Waals surface area contributed by atoms with Crippen molar-refractivity contribution in [1.29, 1.82) is 0 Å². The Balaban J connectivity index is 1.99. The van der Waals surface area contributed by atoms with Crippen LogP contribution in [0.1, 0.15) is 17.7 Å². The Morgan fingerprint density at radius 3 is 2.47 bits per heavy atom. The van der Waals surface area contributed by atoms with Crippen LogP contribution >= 0.6 is 11.3 Å². The zero-order valence-corrected chi connectivity index (χ0v) is 20.2. The van der Waals surface area contributed by atoms with Crippen molar-refractivity contribution in [2.75, 3.05) is 46.3 Å². The van der Waals surface area contributed by atoms with Gasteiger partial charge >= 0.3 is 0 Å². The van der Waals surface area contributed by atoms with E-state index in [-0.39, 0.29) is 18.0 Å². The van der Waals surface area contributed by atoms with Crippen molar-refractivity contribution in [2.24, 2.45) is 0 Å². The van der Waals surface area contributed by atoms with Gasteiger partial charge in [0.05, 0.1) is 20.5 Å². The molecule has 0 aliphatic rings. The van der Waals surface area contributed by atoms with Gasteiger partial charge in [-0.3, -0.25) is 19.1 Å². The normalized spacial score (nSPS) is 11.2. The number of fused-ring (bicyclic) bond motifs is 1. The summed E-state index contributed by atoms with van der Waals surface area (Å²) in [4.78, 5) is 38.6. The predicted octanol–water partition coefficient (Wildman–Crippen LogP) is 2.47. The molecule has 3 aromatic rings. The molecule has 10 heteroatoms. The zero-order valence-electron chi connectivity index (χ0n) is 19.3. The molecule has 2 heterocycles. The molecule has 0 aliphatic heterocycles. The van der Waals surface area contributed by atoms with Crippen molar-refractivity contribution in [2.45, 2.75) is 26.8 Å². The lowest BCUT2D eigenvalue weighted by Gasteiger charge is -2.21. The minimum atomic E-state index is -0.229. The van der Waals surface area contributed by atoms with E-state index >= 15 is 0 Å². The van der Waals surface area contributed by atoms with Crippen LogP contribution in [0.15, 0.2) is 23.3 Å². The first-order valence-corrected chi connectivity index (χ1v) is 11.1. The van der Waals surface area contributed by atoms with Gasteiger partial charge in [-0.2, -0.15) is 0 Å². The number of hydrogen-bond donors (Lipinski definition) is 0. The van der Waals surface area contributed by atoms with Crippen LogP contribution in [0.2, 0.25) is 0 Å². The molecule has 0 saturated carbocycles. The van der Waals surface area contributed by atoms with Crippen molar-refractivity contribution in [3.05, 3.63) is 40.1 Å². The Morgan fingerprint density at radius 2 is 1.81 bits per heavy atom. The highest BCUT2D eigenvalue weighted by atomic mass is 32.1. The number of hydrogen-bond acceptors (Lipinski definition) is 8. The van der Waals surface area contributed by atoms with Crippen LogP contribution in [0, 0.1) is 13.8 Å². The Bertz CT molecular complexity index is 1130. The Kier molecular flexibility index (Phi) is 7.47. The molecule has 9 nitrogen and oxygen atoms in total. The van der Waals surface area contributed by atoms with Gasteiger partial charge in [-0.25, -0.2) is 9.97 Å². The Hall–Kier alpha value is -2.98. The fourth-order valence-electron chi connectivity index (χ4n) is 3.28. The molecule has 1 amide bonds. The number of aromatic nitrogens is 3. The van der Waals surface area contributed by atoms with Gasteiger partial charge in [-0.15, -0.1) is 0 Å². The van der Waals surface area contributed by atoms with Crippen molar-refractivity contribution >= 4 is 32.6 Å². The molecule has 0 spiro atoms. The molecule has 0 bridgehead atoms. The number of nitrogens with zero attached hydrogens (tertiary/aromatic N) is 5. The largest absolute Gasteiger partial charge is 0.495 e. The highest BCUT2D eigenvalue weighted by Gasteiger charge is 2.23. The lowest BCUT2D eigenvalue weighted by Crippen LogP contribution is -2.38. The van der Waals surface area contributed by atoms with Gasteiger partial charge in [0.15, 0.2) is 5.13 Å². The van der Waals surface area contributed by atoms with Crippen LogP contribution < -0.4 is 19.9 Å². The SMILES string of the molecule is COc1ccc(OC)c2sc(N(CCCN(C)C)C(=O)Cn3cnc(C)c(C)c3=O)nc12. The number of methoxy groups -OCH3 is 2. The fourth-order valence-corrected chi connectivity index (χ4v) is 4.40. The molecule has 0 radical (unpaired) electrons. The second-order valence-corrected chi connectivity index (χ2v) is 8.71. The summed E-state index contributed by atoms with van der Waals surface area (Å²) in [7, 11) is 7.15. The van der Waals surface area contributed by atoms with Crippen LogP contribution in [0.4, 0.5) is 5.13 Å². The van der Waals surface area contributed by atoms with E-state index in [0.29, 0.717) is 39.9 Å². The molecule has 0 saturated heterocycles. The predicted molar refractivity (Wildman–Crippen MR) is 126 cm³/mol. The fraction of sp³-hybridized carbons (Fsp3) is 0.455. The van der Waals surface area contributed by atoms with Crippen LogP contribution in [-0.2, 0) is 11.3 Å². The van der Waals surface area contributed by atoms with Crippen molar-refractivity contribution < 1.29 is 14.3 Å². The lowest BCUT2D eigenvalue weighted by atomic mass is 10.3. The topological polar surface area (TPSA) is 89.8 Å². The summed E-state index contributed by atoms with van der Waals surface area (Å²) in [6.07, 6.45) is 2.17. The quantitative estimate of drug-likeness (QED) is 0.486. The molecule has 1 aromatic carbocycles. The summed E-state index contributed by atoms with van der Waals surface area (Å²) in [5.41, 5.74) is 1.62. The third-order valence-electron chi connectivity index (χ3n) is 5.24. The van der Waals surface area contributed by atoms with Gasteiger partial charge in [-0.05, 0) is 53.0 Å². The number of anilines is 1. The Morgan fingerprint density at radius 1 is 1.12 bits per heavy atom. The highest BCUT2D eigenvalue weighted by Crippen LogP contribution is 2.40. The molecule has 32 heavy (non-hydrogen) atoms. The maximum atomic E-state index is 13.4. The molecule has 0 aliphatic carbocycles. The Labute approximate surface area is 191 Å². The second kappa shape index (κ2) is 10.1. The van der Waals surface area contributed by atoms with Gasteiger partial charge in [0.2, 0.25) is 5.91 Å². The molecule has 3 rings (SSSR count). The maximum Gasteiger partial charge on any atom is 0.256 e. The number of ether oxygens (including phenoxy) is 2. The van der Waals surface area contributed by atoms with Crippen LogP contribution in [0.3, 0.4) is 0 Å². The summed E-state index contributed by atoms with van der Waals surface area (Å²) >= 11 is 1.37. The summed E-state index contributed by atoms with van der Waals surface area (Å²) in [6.45, 7) is 4.66. The van der Waals surface area contributed by atoms with Gasteiger partial charge in [0, 0.05) is 17.8 Å². The average Bonchev–Trinajstić information content (AvgIpc) is 3.21. The number of thiazole rings is 1. The monoisotopic (exact) mass is 459 g/mol. The van der Waals surface area contributed by atoms with Crippen molar-refractivity contribution in [1.82, 2.24) is 19.4 Å². The van der Waals surface area contributed by atoms with Gasteiger partial charge in [0.25, 0.3) is 5.56 Å². The summed E-state index contributed by atoms with van der Waals surface area (Å²) < 4.78 is 13.1. The van der Waals surface area contributed by atoms with E-state index in [4.69, 9.17) is 14.5 Å². The zero-order chi connectivity index (χ0) is 23.4. The number of carbonyl (C=O) groups is 1. The molecule has 0 atom stereocenters. The molecule has 2 aromatic heterocycles. The number of aryl methyl sites for hydroxylation is 1. The minimum Gasteiger partial charge on any atom is -0.495 e. The third-order valence-corrected chi connectivity index (χ3v) is 6.33. The van der Waals surface area contributed by atoms with E-state index in [0.717, 1.165) is 17.7 Å². The first kappa shape index (κ1) is 23.7. The van der Waals surface area contributed by atoms with Crippen LogP contribution in [0.5, 0.6) is 11.5 Å². The number of amides is 1. The van der Waals surface area contributed by atoms with Crippen molar-refractivity contribution in [3.63, 3.8) is 0 Å². The van der Waals surface area contributed by atoms with Gasteiger partial charge < -0.3 is 14.4 Å². The van der Waals surface area contributed by atoms with Crippen LogP contribution in [0.25, 0.3) is 10.2 Å². The van der Waals surface area contributed by atoms with E-state index in [1.165, 1.54) is 22.2 Å². The highest BCUT2D eigenvalue weighted by molar-refractivity contribution is 7.22. The van der Waals surface area contributed by atoms with Gasteiger partial charge in [-0.1, -0.05) is 11.3 Å². The summed E-state index contributed by atoms with van der Waals surface area (Å²) in [6, 6.07) is 3.62. The first-order chi connectivity index (χ1) is 15.3. The van der Waals surface area contributed by atoms with E-state index in [1.807, 2.05) is 20.2 Å². The molecule has 0 N–H and O–H groups in total. The van der Waals surface area contributed by atoms with Crippen molar-refractivity contribution in [3.8, 4) is 11.5 Å². The van der Waals surface area contributed by atoms with E-state index in [1.54, 1.807) is 39.0 Å². The van der Waals surface area contributed by atoms with E-state index in [9.17, 15) is 9.59 Å². The van der Waals surface area contributed by atoms with Crippen LogP contribution in [-0.4, -0.2) is 66.7 Å². The van der Waals surface area contributed by atoms with E-state index in [2.05, 4.69) is 9.88 Å². The van der Waals surface area contributed by atoms with Gasteiger partial charge in [0.1, 0.15) is 28.3 Å². The molecule has 172 valence electrons. The average molecular weight is 460 g/mol. The molecule has 0 fully saturated rings. The molecular formula is C22H29N5O4S. The maximum absolute atomic E-state index is 13.4. The molecule has 0 unspecified atom stereocenters. The number of carbonyl (C=O) groups excluding carboxylic acids is 1. The smallest absolute Gasteiger partial charge is 0.256 e. The third kappa shape index (κ3) is 4.91. The second-order valence-electron chi connectivity index (χ2n) is 7.73.